The number of aryl methyl sites for hydroxylation is 1. The quantitative estimate of drug-likeness (QED) is 0.239. The molecule has 7 rings (SSSR count). The molecule has 0 aliphatic carbocycles. The van der Waals surface area contributed by atoms with Gasteiger partial charge in [0.25, 0.3) is 11.5 Å². The minimum Gasteiger partial charge on any atom is -0.496 e. The molecule has 4 aliphatic heterocycles. The van der Waals surface area contributed by atoms with Crippen molar-refractivity contribution in [2.75, 3.05) is 56.4 Å². The van der Waals surface area contributed by atoms with E-state index in [1.165, 1.54) is 34.0 Å². The average Bonchev–Trinajstić information content (AvgIpc) is 3.84. The number of nitrogens with one attached hydrogen (secondary N) is 2. The predicted molar refractivity (Wildman–Crippen MR) is 216 cm³/mol. The number of rotatable bonds is 10. The Hall–Kier alpha value is -4.00. The second kappa shape index (κ2) is 17.4. The van der Waals surface area contributed by atoms with E-state index in [0.29, 0.717) is 41.2 Å². The highest BCUT2D eigenvalue weighted by Crippen LogP contribution is 2.38. The maximum absolute atomic E-state index is 13.3. The Kier molecular flexibility index (Phi) is 12.7. The maximum atomic E-state index is 13.3. The molecule has 3 aromatic rings. The van der Waals surface area contributed by atoms with Crippen molar-refractivity contribution in [2.45, 2.75) is 92.0 Å². The normalized spacial score (nSPS) is 16.5. The van der Waals surface area contributed by atoms with E-state index in [2.05, 4.69) is 72.9 Å². The molecular formula is C41H53BrN6O5. The lowest BCUT2D eigenvalue weighted by molar-refractivity contribution is 0.0845. The van der Waals surface area contributed by atoms with Crippen LogP contribution in [0.25, 0.3) is 0 Å². The molecule has 2 aromatic carbocycles. The molecule has 2 fully saturated rings. The minimum atomic E-state index is -0.261. The first kappa shape index (κ1) is 38.7. The number of nitrogens with zero attached hydrogens (tertiary/aromatic N) is 4. The topological polar surface area (TPSA) is 121 Å². The van der Waals surface area contributed by atoms with Crippen LogP contribution in [0.3, 0.4) is 0 Å². The van der Waals surface area contributed by atoms with Crippen LogP contribution < -0.4 is 25.4 Å². The Labute approximate surface area is 321 Å². The summed E-state index contributed by atoms with van der Waals surface area (Å²) >= 11 is 3.71. The van der Waals surface area contributed by atoms with Gasteiger partial charge < -0.3 is 34.3 Å². The minimum absolute atomic E-state index is 0.0808. The molecule has 4 aliphatic rings. The van der Waals surface area contributed by atoms with Crippen molar-refractivity contribution in [2.24, 2.45) is 9.98 Å². The third-order valence-corrected chi connectivity index (χ3v) is 11.7. The summed E-state index contributed by atoms with van der Waals surface area (Å²) in [4.78, 5) is 42.4. The van der Waals surface area contributed by atoms with Gasteiger partial charge in [-0.2, -0.15) is 0 Å². The van der Waals surface area contributed by atoms with Crippen molar-refractivity contribution in [1.29, 1.82) is 0 Å². The largest absolute Gasteiger partial charge is 0.496 e. The average molecular weight is 790 g/mol. The fourth-order valence-electron chi connectivity index (χ4n) is 8.14. The van der Waals surface area contributed by atoms with E-state index in [-0.39, 0.29) is 18.0 Å². The molecule has 0 unspecified atom stereocenters. The number of aliphatic imine (C=N–C) groups is 2. The Morgan fingerprint density at radius 2 is 1.40 bits per heavy atom. The van der Waals surface area contributed by atoms with Crippen LogP contribution in [0.5, 0.6) is 5.75 Å². The molecule has 0 saturated carbocycles. The number of fused-ring (bicyclic) bond motifs is 2. The van der Waals surface area contributed by atoms with Gasteiger partial charge >= 0.3 is 0 Å². The van der Waals surface area contributed by atoms with Crippen LogP contribution in [0.15, 0.2) is 37.5 Å². The summed E-state index contributed by atoms with van der Waals surface area (Å²) in [5.41, 5.74) is 11.0. The van der Waals surface area contributed by atoms with E-state index in [4.69, 9.17) is 14.2 Å². The fraction of sp³-hybridized carbons (Fsp3) is 0.512. The number of carbonyl (C=O) groups excluding carboxylic acids is 1. The third kappa shape index (κ3) is 8.24. The molecule has 1 aromatic heterocycles. The standard InChI is InChI=1S/C25H32N4O4.C16H21BrN2O/c1-5-29(18-6-8-33-9-7-18)23-16(3)19(11-17-12-26-13-20(17)23)24(30)27-14-21-22(32-4)10-15(2)28-25(21)31;1-3-19(13-4-6-20-7-5-13)16-11(2)15(17)8-12-9-18-10-14(12)16/h10-11,13,18H,5-9,12,14H2,1-4H3,(H,27,30)(H,28,31);8,10,13H,3-7,9H2,1-2H3. The molecule has 1 amide bonds. The predicted octanol–water partition coefficient (Wildman–Crippen LogP) is 6.56. The van der Waals surface area contributed by atoms with Gasteiger partial charge in [0.15, 0.2) is 0 Å². The number of hydrogen-bond donors (Lipinski definition) is 2. The first-order valence-electron chi connectivity index (χ1n) is 18.9. The van der Waals surface area contributed by atoms with Gasteiger partial charge in [-0.3, -0.25) is 19.6 Å². The van der Waals surface area contributed by atoms with Gasteiger partial charge in [-0.1, -0.05) is 15.9 Å². The second-order valence-electron chi connectivity index (χ2n) is 14.1. The zero-order chi connectivity index (χ0) is 37.6. The van der Waals surface area contributed by atoms with Gasteiger partial charge in [-0.05, 0) is 101 Å². The van der Waals surface area contributed by atoms with Crippen molar-refractivity contribution >= 4 is 45.6 Å². The Morgan fingerprint density at radius 3 is 1.92 bits per heavy atom. The Balaban J connectivity index is 0.000000204. The number of H-pyrrole nitrogens is 1. The van der Waals surface area contributed by atoms with Crippen LogP contribution in [0.2, 0.25) is 0 Å². The molecule has 0 spiro atoms. The van der Waals surface area contributed by atoms with Crippen LogP contribution in [-0.4, -0.2) is 82.0 Å². The molecule has 284 valence electrons. The van der Waals surface area contributed by atoms with Gasteiger partial charge in [0.2, 0.25) is 0 Å². The number of amides is 1. The highest BCUT2D eigenvalue weighted by molar-refractivity contribution is 9.10. The van der Waals surface area contributed by atoms with E-state index in [1.807, 2.05) is 25.4 Å². The number of halogens is 1. The van der Waals surface area contributed by atoms with Crippen LogP contribution in [-0.2, 0) is 29.1 Å². The number of ether oxygens (including phenoxy) is 3. The van der Waals surface area contributed by atoms with E-state index in [9.17, 15) is 9.59 Å². The monoisotopic (exact) mass is 788 g/mol. The number of aromatic nitrogens is 1. The van der Waals surface area contributed by atoms with Gasteiger partial charge in [-0.25, -0.2) is 0 Å². The zero-order valence-electron chi connectivity index (χ0n) is 31.9. The molecule has 2 N–H and O–H groups in total. The van der Waals surface area contributed by atoms with Gasteiger partial charge in [0.05, 0.1) is 38.0 Å². The number of pyridine rings is 1. The van der Waals surface area contributed by atoms with Gasteiger partial charge in [-0.15, -0.1) is 0 Å². The van der Waals surface area contributed by atoms with E-state index in [0.717, 1.165) is 94.1 Å². The molecule has 0 atom stereocenters. The summed E-state index contributed by atoms with van der Waals surface area (Å²) in [6, 6.07) is 6.87. The zero-order valence-corrected chi connectivity index (χ0v) is 33.5. The van der Waals surface area contributed by atoms with Crippen molar-refractivity contribution < 1.29 is 19.0 Å². The fourth-order valence-corrected chi connectivity index (χ4v) is 8.60. The molecule has 5 heterocycles. The Morgan fingerprint density at radius 1 is 0.868 bits per heavy atom. The highest BCUT2D eigenvalue weighted by Gasteiger charge is 2.29. The number of carbonyl (C=O) groups is 1. The van der Waals surface area contributed by atoms with Crippen LogP contribution in [0, 0.1) is 20.8 Å². The smallest absolute Gasteiger partial charge is 0.256 e. The summed E-state index contributed by atoms with van der Waals surface area (Å²) in [6.45, 7) is 17.0. The van der Waals surface area contributed by atoms with E-state index >= 15 is 0 Å². The van der Waals surface area contributed by atoms with Crippen LogP contribution in [0.4, 0.5) is 11.4 Å². The molecule has 53 heavy (non-hydrogen) atoms. The summed E-state index contributed by atoms with van der Waals surface area (Å²) in [6.07, 6.45) is 8.14. The van der Waals surface area contributed by atoms with Crippen molar-refractivity contribution in [1.82, 2.24) is 10.3 Å². The SMILES string of the molecule is CCN(c1c(C)c(Br)cc2c1C=NC2)C1CCOCC1.CCN(c1c(C)c(C(=O)NCc2c(OC)cc(C)[nH]c2=O)cc2c1C=NC2)C1CCOCC1. The molecule has 0 radical (unpaired) electrons. The van der Waals surface area contributed by atoms with Crippen molar-refractivity contribution in [3.8, 4) is 5.75 Å². The van der Waals surface area contributed by atoms with Gasteiger partial charge in [0.1, 0.15) is 5.75 Å². The molecule has 0 bridgehead atoms. The Bertz CT molecular complexity index is 1930. The molecular weight excluding hydrogens is 736 g/mol. The number of methoxy groups -OCH3 is 1. The van der Waals surface area contributed by atoms with Crippen LogP contribution >= 0.6 is 15.9 Å². The van der Waals surface area contributed by atoms with Crippen molar-refractivity contribution in [3.05, 3.63) is 83.2 Å². The summed E-state index contributed by atoms with van der Waals surface area (Å²) in [7, 11) is 1.52. The second-order valence-corrected chi connectivity index (χ2v) is 14.9. The van der Waals surface area contributed by atoms with Crippen molar-refractivity contribution in [3.63, 3.8) is 0 Å². The molecule has 11 nitrogen and oxygen atoms in total. The summed E-state index contributed by atoms with van der Waals surface area (Å²) in [5.74, 6) is 0.251. The number of hydrogen-bond acceptors (Lipinski definition) is 9. The van der Waals surface area contributed by atoms with Gasteiger partial charge in [0, 0.05) is 96.6 Å². The lowest BCUT2D eigenvalue weighted by Crippen LogP contribution is -2.40. The lowest BCUT2D eigenvalue weighted by atomic mass is 9.94. The molecule has 2 saturated heterocycles. The number of anilines is 2. The summed E-state index contributed by atoms with van der Waals surface area (Å²) < 4.78 is 17.6. The third-order valence-electron chi connectivity index (χ3n) is 10.9. The number of aromatic amines is 1. The maximum Gasteiger partial charge on any atom is 0.256 e. The molecule has 12 heteroatoms. The summed E-state index contributed by atoms with van der Waals surface area (Å²) in [5, 5.41) is 2.93. The number of benzene rings is 2. The first-order chi connectivity index (χ1) is 25.7. The highest BCUT2D eigenvalue weighted by atomic mass is 79.9. The van der Waals surface area contributed by atoms with E-state index in [1.54, 1.807) is 13.0 Å². The first-order valence-corrected chi connectivity index (χ1v) is 19.7. The lowest BCUT2D eigenvalue weighted by Gasteiger charge is -2.37. The van der Waals surface area contributed by atoms with E-state index < -0.39 is 0 Å². The van der Waals surface area contributed by atoms with Crippen LogP contribution in [0.1, 0.15) is 94.5 Å².